The first-order chi connectivity index (χ1) is 12.6. The van der Waals surface area contributed by atoms with Crippen LogP contribution in [-0.4, -0.2) is 16.6 Å². The molecule has 0 aliphatic carbocycles. The molecule has 0 bridgehead atoms. The van der Waals surface area contributed by atoms with E-state index in [0.717, 1.165) is 11.8 Å². The molecule has 0 spiro atoms. The molecule has 0 saturated carbocycles. The van der Waals surface area contributed by atoms with E-state index in [9.17, 15) is 36.9 Å². The van der Waals surface area contributed by atoms with Gasteiger partial charge < -0.3 is 5.32 Å². The third-order valence-corrected chi connectivity index (χ3v) is 4.69. The van der Waals surface area contributed by atoms with Crippen molar-refractivity contribution in [3.05, 3.63) is 69.0 Å². The van der Waals surface area contributed by atoms with Crippen molar-refractivity contribution in [3.63, 3.8) is 0 Å². The Balaban J connectivity index is 2.07. The molecule has 1 amide bonds. The van der Waals surface area contributed by atoms with E-state index in [1.807, 2.05) is 0 Å². The van der Waals surface area contributed by atoms with Crippen LogP contribution in [0.25, 0.3) is 0 Å². The zero-order valence-electron chi connectivity index (χ0n) is 13.6. The van der Waals surface area contributed by atoms with Crippen LogP contribution in [-0.2, 0) is 4.79 Å². The Morgan fingerprint density at radius 2 is 1.67 bits per heavy atom. The lowest BCUT2D eigenvalue weighted by Gasteiger charge is -2.13. The van der Waals surface area contributed by atoms with E-state index in [4.69, 9.17) is 0 Å². The summed E-state index contributed by atoms with van der Waals surface area (Å²) in [5.74, 6) is -12.3. The topological polar surface area (TPSA) is 72.2 Å². The van der Waals surface area contributed by atoms with E-state index in [2.05, 4.69) is 0 Å². The molecule has 5 nitrogen and oxygen atoms in total. The third kappa shape index (κ3) is 4.54. The van der Waals surface area contributed by atoms with Crippen LogP contribution in [0.2, 0.25) is 0 Å². The number of carbonyl (C=O) groups excluding carboxylic acids is 1. The van der Waals surface area contributed by atoms with E-state index in [-0.39, 0.29) is 11.4 Å². The molecule has 11 heteroatoms. The number of thioether (sulfide) groups is 1. The average molecular weight is 406 g/mol. The number of rotatable bonds is 6. The van der Waals surface area contributed by atoms with Crippen molar-refractivity contribution >= 4 is 29.0 Å². The van der Waals surface area contributed by atoms with Gasteiger partial charge >= 0.3 is 0 Å². The maximum absolute atomic E-state index is 13.5. The molecule has 0 aromatic heterocycles. The quantitative estimate of drug-likeness (QED) is 0.248. The number of hydrogen-bond acceptors (Lipinski definition) is 4. The number of nitrogens with zero attached hydrogens (tertiary/aromatic N) is 1. The number of benzene rings is 2. The summed E-state index contributed by atoms with van der Waals surface area (Å²) in [5.41, 5.74) is -1.05. The number of amides is 1. The second kappa shape index (κ2) is 8.33. The van der Waals surface area contributed by atoms with Crippen molar-refractivity contribution in [2.24, 2.45) is 0 Å². The van der Waals surface area contributed by atoms with Gasteiger partial charge in [-0.15, -0.1) is 11.8 Å². The first kappa shape index (κ1) is 20.6. The maximum atomic E-state index is 13.5. The summed E-state index contributed by atoms with van der Waals surface area (Å²) in [6.45, 7) is 1.63. The fourth-order valence-electron chi connectivity index (χ4n) is 2.08. The fourth-order valence-corrected chi connectivity index (χ4v) is 2.89. The molecule has 0 heterocycles. The van der Waals surface area contributed by atoms with E-state index in [0.29, 0.717) is 5.56 Å². The van der Waals surface area contributed by atoms with Crippen LogP contribution in [0, 0.1) is 39.2 Å². The molecule has 0 unspecified atom stereocenters. The summed E-state index contributed by atoms with van der Waals surface area (Å²) in [7, 11) is 0. The van der Waals surface area contributed by atoms with Crippen LogP contribution in [0.3, 0.4) is 0 Å². The van der Waals surface area contributed by atoms with Crippen LogP contribution in [0.1, 0.15) is 17.7 Å². The molecular formula is C16H11F5N2O3S. The van der Waals surface area contributed by atoms with Crippen LogP contribution < -0.4 is 5.32 Å². The van der Waals surface area contributed by atoms with E-state index in [1.54, 1.807) is 18.3 Å². The average Bonchev–Trinajstić information content (AvgIpc) is 2.66. The predicted octanol–water partition coefficient (Wildman–Crippen LogP) is 4.72. The first-order valence-electron chi connectivity index (χ1n) is 7.30. The van der Waals surface area contributed by atoms with Gasteiger partial charge in [-0.25, -0.2) is 22.0 Å². The summed E-state index contributed by atoms with van der Waals surface area (Å²) < 4.78 is 66.3. The second-order valence-corrected chi connectivity index (χ2v) is 6.63. The molecule has 2 aromatic carbocycles. The van der Waals surface area contributed by atoms with Gasteiger partial charge in [0, 0.05) is 17.4 Å². The Labute approximate surface area is 153 Å². The Hall–Kier alpha value is -2.69. The van der Waals surface area contributed by atoms with Crippen molar-refractivity contribution < 1.29 is 31.7 Å². The normalized spacial score (nSPS) is 11.9. The number of carbonyl (C=O) groups is 1. The van der Waals surface area contributed by atoms with Gasteiger partial charge in [-0.05, 0) is 12.5 Å². The van der Waals surface area contributed by atoms with Crippen LogP contribution >= 0.6 is 11.8 Å². The van der Waals surface area contributed by atoms with Crippen molar-refractivity contribution in [1.82, 2.24) is 0 Å². The summed E-state index contributed by atoms with van der Waals surface area (Å²) in [4.78, 5) is 22.0. The summed E-state index contributed by atoms with van der Waals surface area (Å²) >= 11 is 0.959. The van der Waals surface area contributed by atoms with Crippen molar-refractivity contribution in [2.75, 3.05) is 11.1 Å². The van der Waals surface area contributed by atoms with Gasteiger partial charge in [0.2, 0.25) is 11.7 Å². The smallest absolute Gasteiger partial charge is 0.269 e. The molecule has 144 valence electrons. The largest absolute Gasteiger partial charge is 0.320 e. The van der Waals surface area contributed by atoms with Gasteiger partial charge in [-0.3, -0.25) is 14.9 Å². The number of non-ortho nitro benzene ring substituents is 1. The highest BCUT2D eigenvalue weighted by Gasteiger charge is 2.27. The molecule has 2 rings (SSSR count). The summed E-state index contributed by atoms with van der Waals surface area (Å²) in [6.07, 6.45) is 0. The molecule has 27 heavy (non-hydrogen) atoms. The minimum Gasteiger partial charge on any atom is -0.320 e. The molecule has 2 aromatic rings. The lowest BCUT2D eigenvalue weighted by atomic mass is 10.1. The van der Waals surface area contributed by atoms with Gasteiger partial charge in [-0.1, -0.05) is 12.1 Å². The summed E-state index contributed by atoms with van der Waals surface area (Å²) in [6, 6.07) is 5.64. The molecule has 0 aliphatic heterocycles. The lowest BCUT2D eigenvalue weighted by molar-refractivity contribution is -0.384. The molecule has 0 aliphatic rings. The molecule has 1 N–H and O–H groups in total. The van der Waals surface area contributed by atoms with Crippen LogP contribution in [0.5, 0.6) is 0 Å². The van der Waals surface area contributed by atoms with Crippen molar-refractivity contribution in [1.29, 1.82) is 0 Å². The maximum Gasteiger partial charge on any atom is 0.269 e. The zero-order chi connectivity index (χ0) is 20.3. The fraction of sp³-hybridized carbons (Fsp3) is 0.188. The number of anilines is 1. The van der Waals surface area contributed by atoms with Crippen molar-refractivity contribution in [3.8, 4) is 0 Å². The number of nitro benzene ring substituents is 1. The highest BCUT2D eigenvalue weighted by molar-refractivity contribution is 8.00. The van der Waals surface area contributed by atoms with E-state index in [1.165, 1.54) is 18.2 Å². The van der Waals surface area contributed by atoms with Gasteiger partial charge in [0.05, 0.1) is 10.7 Å². The Morgan fingerprint density at radius 1 is 1.11 bits per heavy atom. The standard InChI is InChI=1S/C16H11F5N2O3S/c1-7(8-3-2-4-9(5-8)23(25)26)27-6-10(24)22-16-14(20)12(18)11(17)13(19)15(16)21/h2-5,7H,6H2,1H3,(H,22,24)/t7-/m1/s1. The number of nitro groups is 1. The monoisotopic (exact) mass is 406 g/mol. The number of nitrogens with one attached hydrogen (secondary N) is 1. The minimum absolute atomic E-state index is 0.147. The zero-order valence-corrected chi connectivity index (χ0v) is 14.4. The van der Waals surface area contributed by atoms with E-state index >= 15 is 0 Å². The molecule has 0 saturated heterocycles. The van der Waals surface area contributed by atoms with Crippen molar-refractivity contribution in [2.45, 2.75) is 12.2 Å². The second-order valence-electron chi connectivity index (χ2n) is 5.30. The minimum atomic E-state index is -2.32. The predicted molar refractivity (Wildman–Crippen MR) is 88.8 cm³/mol. The molecule has 0 fully saturated rings. The Morgan fingerprint density at radius 3 is 2.22 bits per heavy atom. The van der Waals surface area contributed by atoms with Crippen LogP contribution in [0.4, 0.5) is 33.3 Å². The lowest BCUT2D eigenvalue weighted by Crippen LogP contribution is -2.19. The first-order valence-corrected chi connectivity index (χ1v) is 8.35. The Kier molecular flexibility index (Phi) is 6.37. The number of hydrogen-bond donors (Lipinski definition) is 1. The van der Waals surface area contributed by atoms with Gasteiger partial charge in [0.1, 0.15) is 5.69 Å². The highest BCUT2D eigenvalue weighted by atomic mass is 32.2. The SMILES string of the molecule is C[C@@H](SCC(=O)Nc1c(F)c(F)c(F)c(F)c1F)c1cccc([N+](=O)[O-])c1. The van der Waals surface area contributed by atoms with Gasteiger partial charge in [-0.2, -0.15) is 0 Å². The molecular weight excluding hydrogens is 395 g/mol. The highest BCUT2D eigenvalue weighted by Crippen LogP contribution is 2.31. The number of halogens is 5. The van der Waals surface area contributed by atoms with Gasteiger partial charge in [0.15, 0.2) is 23.3 Å². The molecule has 1 atom stereocenters. The van der Waals surface area contributed by atoms with E-state index < -0.39 is 50.9 Å². The summed E-state index contributed by atoms with van der Waals surface area (Å²) in [5, 5.41) is 12.0. The Bertz CT molecular complexity index is 881. The van der Waals surface area contributed by atoms with Gasteiger partial charge in [0.25, 0.3) is 5.69 Å². The molecule has 0 radical (unpaired) electrons. The van der Waals surface area contributed by atoms with Crippen LogP contribution in [0.15, 0.2) is 24.3 Å². The third-order valence-electron chi connectivity index (χ3n) is 3.49.